The molecule has 1 heterocycles. The Balaban J connectivity index is 2.28. The number of carbonyl (C=O) groups excluding carboxylic acids is 2. The first-order valence-corrected chi connectivity index (χ1v) is 5.40. The fourth-order valence-electron chi connectivity index (χ4n) is 1.23. The molecule has 0 saturated carbocycles. The van der Waals surface area contributed by atoms with Crippen molar-refractivity contribution in [2.75, 3.05) is 6.54 Å². The van der Waals surface area contributed by atoms with Crippen LogP contribution in [0.2, 0.25) is 0 Å². The summed E-state index contributed by atoms with van der Waals surface area (Å²) in [4.78, 5) is 22.0. The van der Waals surface area contributed by atoms with Crippen LogP contribution in [0.3, 0.4) is 0 Å². The fourth-order valence-corrected chi connectivity index (χ4v) is 1.49. The van der Waals surface area contributed by atoms with E-state index in [1.165, 1.54) is 0 Å². The first-order valence-electron chi connectivity index (χ1n) is 4.96. The molecule has 0 bridgehead atoms. The van der Waals surface area contributed by atoms with Crippen LogP contribution in [0.4, 0.5) is 0 Å². The average molecular weight is 251 g/mol. The quantitative estimate of drug-likeness (QED) is 0.495. The highest BCUT2D eigenvalue weighted by atomic mass is 35.5. The van der Waals surface area contributed by atoms with Crippen molar-refractivity contribution in [3.05, 3.63) is 0 Å². The maximum atomic E-state index is 11.2. The number of halogens is 1. The van der Waals surface area contributed by atoms with Crippen LogP contribution in [0.5, 0.6) is 0 Å². The second-order valence-corrected chi connectivity index (χ2v) is 4.18. The smallest absolute Gasteiger partial charge is 0.325 e. The van der Waals surface area contributed by atoms with Gasteiger partial charge in [0.25, 0.3) is 0 Å². The molecule has 4 atom stereocenters. The zero-order chi connectivity index (χ0) is 12.3. The van der Waals surface area contributed by atoms with Crippen LogP contribution in [-0.2, 0) is 19.1 Å². The summed E-state index contributed by atoms with van der Waals surface area (Å²) in [5, 5.41) is 0. The van der Waals surface area contributed by atoms with Crippen molar-refractivity contribution in [1.82, 2.24) is 0 Å². The van der Waals surface area contributed by atoms with Gasteiger partial charge < -0.3 is 20.9 Å². The molecule has 4 N–H and O–H groups in total. The maximum Gasteiger partial charge on any atom is 0.325 e. The minimum atomic E-state index is -0.873. The summed E-state index contributed by atoms with van der Waals surface area (Å²) < 4.78 is 9.64. The Labute approximate surface area is 98.2 Å². The summed E-state index contributed by atoms with van der Waals surface area (Å²) in [7, 11) is 0. The number of ether oxygens (including phenoxy) is 2. The van der Waals surface area contributed by atoms with E-state index < -0.39 is 17.6 Å². The molecule has 16 heavy (non-hydrogen) atoms. The van der Waals surface area contributed by atoms with E-state index in [1.807, 2.05) is 0 Å². The first-order chi connectivity index (χ1) is 7.45. The number of nitrogens with two attached hydrogens (primary N) is 2. The molecule has 1 fully saturated rings. The summed E-state index contributed by atoms with van der Waals surface area (Å²) in [6, 6.07) is -0.873. The van der Waals surface area contributed by atoms with E-state index in [2.05, 4.69) is 0 Å². The number of cyclic esters (lactones) is 1. The van der Waals surface area contributed by atoms with Gasteiger partial charge in [0.05, 0.1) is 5.92 Å². The van der Waals surface area contributed by atoms with Crippen LogP contribution in [-0.4, -0.2) is 36.2 Å². The molecule has 0 radical (unpaired) electrons. The van der Waals surface area contributed by atoms with Crippen molar-refractivity contribution in [3.8, 4) is 0 Å². The number of alkyl halides is 1. The summed E-state index contributed by atoms with van der Waals surface area (Å²) in [6.07, 6.45) is -0.0331. The van der Waals surface area contributed by atoms with Crippen molar-refractivity contribution in [3.63, 3.8) is 0 Å². The Bertz CT molecular complexity index is 287. The van der Waals surface area contributed by atoms with Crippen LogP contribution >= 0.6 is 11.6 Å². The maximum absolute atomic E-state index is 11.2. The highest BCUT2D eigenvalue weighted by molar-refractivity contribution is 6.20. The van der Waals surface area contributed by atoms with E-state index >= 15 is 0 Å². The van der Waals surface area contributed by atoms with Gasteiger partial charge in [0, 0.05) is 13.0 Å². The zero-order valence-corrected chi connectivity index (χ0v) is 9.65. The predicted octanol–water partition coefficient (Wildman–Crippen LogP) is -0.668. The molecule has 1 rings (SSSR count). The standard InChI is InChI=1S/C9H15ClN2O4/c1-4-6(15-8(4)13)2-7(10)16-9(14)5(12)3-11/h4-7H,2-3,11-12H2,1H3/t4-,5-,6-,7+/m0/s1. The number of hydrogen-bond acceptors (Lipinski definition) is 6. The second kappa shape index (κ2) is 5.47. The molecule has 0 unspecified atom stereocenters. The average Bonchev–Trinajstić information content (AvgIpc) is 2.26. The van der Waals surface area contributed by atoms with Gasteiger partial charge in [-0.2, -0.15) is 0 Å². The molecule has 0 amide bonds. The van der Waals surface area contributed by atoms with Crippen LogP contribution in [0, 0.1) is 5.92 Å². The number of carbonyl (C=O) groups is 2. The summed E-state index contributed by atoms with van der Waals surface area (Å²) in [5.74, 6) is -1.12. The monoisotopic (exact) mass is 250 g/mol. The Morgan fingerprint density at radius 2 is 2.31 bits per heavy atom. The Morgan fingerprint density at radius 3 is 2.75 bits per heavy atom. The number of esters is 2. The Morgan fingerprint density at radius 1 is 1.69 bits per heavy atom. The summed E-state index contributed by atoms with van der Waals surface area (Å²) in [6.45, 7) is 1.73. The largest absolute Gasteiger partial charge is 0.461 e. The molecule has 0 aromatic carbocycles. The van der Waals surface area contributed by atoms with Crippen molar-refractivity contribution in [1.29, 1.82) is 0 Å². The second-order valence-electron chi connectivity index (χ2n) is 3.69. The number of hydrogen-bond donors (Lipinski definition) is 2. The van der Waals surface area contributed by atoms with Gasteiger partial charge in [0.1, 0.15) is 12.1 Å². The van der Waals surface area contributed by atoms with Crippen molar-refractivity contribution in [2.24, 2.45) is 17.4 Å². The van der Waals surface area contributed by atoms with Gasteiger partial charge in [-0.1, -0.05) is 11.6 Å². The topological polar surface area (TPSA) is 105 Å². The van der Waals surface area contributed by atoms with E-state index in [0.29, 0.717) is 0 Å². The van der Waals surface area contributed by atoms with E-state index in [9.17, 15) is 9.59 Å². The van der Waals surface area contributed by atoms with Gasteiger partial charge in [-0.25, -0.2) is 0 Å². The summed E-state index contributed by atoms with van der Waals surface area (Å²) in [5.41, 5.74) is 9.68. The molecule has 0 aromatic heterocycles. The highest BCUT2D eigenvalue weighted by Gasteiger charge is 2.40. The van der Waals surface area contributed by atoms with Gasteiger partial charge in [0.15, 0.2) is 5.56 Å². The molecule has 1 aliphatic rings. The molecule has 0 aromatic rings. The molecule has 0 spiro atoms. The normalized spacial score (nSPS) is 27.6. The van der Waals surface area contributed by atoms with Gasteiger partial charge in [-0.15, -0.1) is 0 Å². The molecule has 1 saturated heterocycles. The Hall–Kier alpha value is -0.850. The third kappa shape index (κ3) is 3.07. The lowest BCUT2D eigenvalue weighted by Gasteiger charge is -2.33. The van der Waals surface area contributed by atoms with E-state index in [-0.39, 0.29) is 31.0 Å². The van der Waals surface area contributed by atoms with Gasteiger partial charge in [-0.05, 0) is 6.92 Å². The lowest BCUT2D eigenvalue weighted by molar-refractivity contribution is -0.185. The van der Waals surface area contributed by atoms with Crippen LogP contribution in [0.25, 0.3) is 0 Å². The third-order valence-corrected chi connectivity index (χ3v) is 2.68. The molecule has 7 heteroatoms. The Kier molecular flexibility index (Phi) is 4.52. The van der Waals surface area contributed by atoms with Crippen LogP contribution in [0.1, 0.15) is 13.3 Å². The molecular weight excluding hydrogens is 236 g/mol. The zero-order valence-electron chi connectivity index (χ0n) is 8.89. The molecular formula is C9H15ClN2O4. The van der Waals surface area contributed by atoms with E-state index in [4.69, 9.17) is 32.5 Å². The van der Waals surface area contributed by atoms with Gasteiger partial charge in [-0.3, -0.25) is 9.59 Å². The lowest BCUT2D eigenvalue weighted by Crippen LogP contribution is -2.46. The minimum absolute atomic E-state index is 0.00272. The lowest BCUT2D eigenvalue weighted by atomic mass is 9.97. The fraction of sp³-hybridized carbons (Fsp3) is 0.778. The van der Waals surface area contributed by atoms with E-state index in [1.54, 1.807) is 6.92 Å². The van der Waals surface area contributed by atoms with Gasteiger partial charge in [0.2, 0.25) is 0 Å². The summed E-state index contributed by atoms with van der Waals surface area (Å²) >= 11 is 5.77. The predicted molar refractivity (Wildman–Crippen MR) is 56.4 cm³/mol. The SMILES string of the molecule is C[C@@H]1C(=O)O[C@H]1C[C@H](Cl)OC(=O)[C@@H](N)CN. The first kappa shape index (κ1) is 13.2. The van der Waals surface area contributed by atoms with Crippen LogP contribution < -0.4 is 11.5 Å². The number of rotatable bonds is 5. The van der Waals surface area contributed by atoms with Crippen molar-refractivity contribution in [2.45, 2.75) is 31.1 Å². The molecule has 1 aliphatic heterocycles. The molecule has 6 nitrogen and oxygen atoms in total. The van der Waals surface area contributed by atoms with E-state index in [0.717, 1.165) is 0 Å². The highest BCUT2D eigenvalue weighted by Crippen LogP contribution is 2.27. The van der Waals surface area contributed by atoms with Gasteiger partial charge >= 0.3 is 11.9 Å². The molecule has 0 aliphatic carbocycles. The van der Waals surface area contributed by atoms with Crippen molar-refractivity contribution >= 4 is 23.5 Å². The van der Waals surface area contributed by atoms with Crippen molar-refractivity contribution < 1.29 is 19.1 Å². The molecule has 92 valence electrons. The minimum Gasteiger partial charge on any atom is -0.461 e. The van der Waals surface area contributed by atoms with Crippen LogP contribution in [0.15, 0.2) is 0 Å². The third-order valence-electron chi connectivity index (χ3n) is 2.42.